The van der Waals surface area contributed by atoms with Gasteiger partial charge in [0, 0.05) is 0 Å². The zero-order valence-corrected chi connectivity index (χ0v) is 10.6. The number of ether oxygens (including phenoxy) is 2. The van der Waals surface area contributed by atoms with E-state index in [4.69, 9.17) is 9.47 Å². The fourth-order valence-electron chi connectivity index (χ4n) is 1.96. The molecule has 0 bridgehead atoms. The summed E-state index contributed by atoms with van der Waals surface area (Å²) in [6.07, 6.45) is 4.13. The number of aromatic nitrogens is 2. The van der Waals surface area contributed by atoms with Gasteiger partial charge in [0.05, 0.1) is 26.5 Å². The van der Waals surface area contributed by atoms with Crippen molar-refractivity contribution in [2.24, 2.45) is 5.92 Å². The van der Waals surface area contributed by atoms with Crippen LogP contribution in [0, 0.1) is 5.92 Å². The SMILES string of the molecule is CCNC(c1ncc(OC)nc1OC)C1CC1. The van der Waals surface area contributed by atoms with E-state index in [1.54, 1.807) is 20.4 Å². The molecule has 0 saturated heterocycles. The van der Waals surface area contributed by atoms with Crippen LogP contribution in [0.15, 0.2) is 6.20 Å². The molecule has 0 spiro atoms. The van der Waals surface area contributed by atoms with Gasteiger partial charge >= 0.3 is 0 Å². The van der Waals surface area contributed by atoms with E-state index in [0.29, 0.717) is 17.7 Å². The topological polar surface area (TPSA) is 56.3 Å². The third-order valence-electron chi connectivity index (χ3n) is 2.96. The van der Waals surface area contributed by atoms with Crippen molar-refractivity contribution in [1.82, 2.24) is 15.3 Å². The molecule has 1 aromatic rings. The van der Waals surface area contributed by atoms with Crippen LogP contribution in [0.1, 0.15) is 31.5 Å². The van der Waals surface area contributed by atoms with Crippen LogP contribution in [0.2, 0.25) is 0 Å². The van der Waals surface area contributed by atoms with Crippen molar-refractivity contribution in [3.63, 3.8) is 0 Å². The predicted molar refractivity (Wildman–Crippen MR) is 64.3 cm³/mol. The molecule has 1 heterocycles. The van der Waals surface area contributed by atoms with E-state index < -0.39 is 0 Å². The minimum Gasteiger partial charge on any atom is -0.480 e. The number of rotatable bonds is 6. The van der Waals surface area contributed by atoms with Gasteiger partial charge in [-0.1, -0.05) is 6.92 Å². The van der Waals surface area contributed by atoms with Gasteiger partial charge in [-0.15, -0.1) is 0 Å². The summed E-state index contributed by atoms with van der Waals surface area (Å²) in [5.41, 5.74) is 0.887. The van der Waals surface area contributed by atoms with Gasteiger partial charge in [0.2, 0.25) is 11.8 Å². The summed E-state index contributed by atoms with van der Waals surface area (Å²) in [6.45, 7) is 3.01. The molecule has 0 radical (unpaired) electrons. The largest absolute Gasteiger partial charge is 0.480 e. The minimum atomic E-state index is 0.244. The molecule has 5 heteroatoms. The molecule has 17 heavy (non-hydrogen) atoms. The zero-order chi connectivity index (χ0) is 12.3. The first kappa shape index (κ1) is 12.1. The fraction of sp³-hybridized carbons (Fsp3) is 0.667. The maximum atomic E-state index is 5.30. The Morgan fingerprint density at radius 3 is 2.71 bits per heavy atom. The molecular formula is C12H19N3O2. The highest BCUT2D eigenvalue weighted by atomic mass is 16.5. The highest BCUT2D eigenvalue weighted by molar-refractivity contribution is 5.27. The van der Waals surface area contributed by atoms with E-state index in [9.17, 15) is 0 Å². The maximum Gasteiger partial charge on any atom is 0.240 e. The molecule has 1 aliphatic rings. The summed E-state index contributed by atoms with van der Waals surface area (Å²) in [6, 6.07) is 0.244. The third-order valence-corrected chi connectivity index (χ3v) is 2.96. The lowest BCUT2D eigenvalue weighted by atomic mass is 10.1. The van der Waals surface area contributed by atoms with Gasteiger partial charge in [-0.25, -0.2) is 4.98 Å². The summed E-state index contributed by atoms with van der Waals surface area (Å²) < 4.78 is 10.4. The number of hydrogen-bond donors (Lipinski definition) is 1. The summed E-state index contributed by atoms with van der Waals surface area (Å²) in [5, 5.41) is 3.45. The molecule has 1 atom stereocenters. The Labute approximate surface area is 102 Å². The van der Waals surface area contributed by atoms with Crippen LogP contribution in [0.5, 0.6) is 11.8 Å². The molecule has 0 amide bonds. The average molecular weight is 237 g/mol. The van der Waals surface area contributed by atoms with E-state index in [1.165, 1.54) is 12.8 Å². The molecule has 1 aliphatic carbocycles. The van der Waals surface area contributed by atoms with Gasteiger partial charge in [0.25, 0.3) is 0 Å². The Morgan fingerprint density at radius 1 is 1.41 bits per heavy atom. The van der Waals surface area contributed by atoms with Crippen molar-refractivity contribution in [1.29, 1.82) is 0 Å². The van der Waals surface area contributed by atoms with Gasteiger partial charge in [-0.3, -0.25) is 0 Å². The lowest BCUT2D eigenvalue weighted by Gasteiger charge is -2.18. The first-order valence-corrected chi connectivity index (χ1v) is 5.98. The van der Waals surface area contributed by atoms with E-state index in [-0.39, 0.29) is 6.04 Å². The van der Waals surface area contributed by atoms with Crippen LogP contribution in [-0.4, -0.2) is 30.7 Å². The van der Waals surface area contributed by atoms with Crippen LogP contribution in [0.25, 0.3) is 0 Å². The monoisotopic (exact) mass is 237 g/mol. The van der Waals surface area contributed by atoms with Crippen molar-refractivity contribution in [2.45, 2.75) is 25.8 Å². The predicted octanol–water partition coefficient (Wildman–Crippen LogP) is 1.55. The zero-order valence-electron chi connectivity index (χ0n) is 10.6. The van der Waals surface area contributed by atoms with Crippen molar-refractivity contribution >= 4 is 0 Å². The van der Waals surface area contributed by atoms with E-state index in [2.05, 4.69) is 22.2 Å². The van der Waals surface area contributed by atoms with E-state index in [0.717, 1.165) is 12.2 Å². The Kier molecular flexibility index (Phi) is 3.78. The van der Waals surface area contributed by atoms with Gasteiger partial charge in [0.1, 0.15) is 5.69 Å². The smallest absolute Gasteiger partial charge is 0.240 e. The second-order valence-electron chi connectivity index (χ2n) is 4.18. The van der Waals surface area contributed by atoms with Crippen LogP contribution in [0.4, 0.5) is 0 Å². The average Bonchev–Trinajstić information content (AvgIpc) is 3.19. The molecular weight excluding hydrogens is 218 g/mol. The normalized spacial score (nSPS) is 16.6. The maximum absolute atomic E-state index is 5.30. The molecule has 0 aromatic carbocycles. The van der Waals surface area contributed by atoms with Gasteiger partial charge in [-0.05, 0) is 25.3 Å². The Balaban J connectivity index is 2.27. The number of nitrogens with one attached hydrogen (secondary N) is 1. The number of methoxy groups -OCH3 is 2. The van der Waals surface area contributed by atoms with Crippen molar-refractivity contribution in [3.05, 3.63) is 11.9 Å². The van der Waals surface area contributed by atoms with Gasteiger partial charge in [-0.2, -0.15) is 4.98 Å². The molecule has 0 aliphatic heterocycles. The molecule has 1 aromatic heterocycles. The molecule has 1 unspecified atom stereocenters. The van der Waals surface area contributed by atoms with Crippen LogP contribution in [-0.2, 0) is 0 Å². The summed E-state index contributed by atoms with van der Waals surface area (Å²) in [5.74, 6) is 1.70. The summed E-state index contributed by atoms with van der Waals surface area (Å²) in [7, 11) is 3.19. The van der Waals surface area contributed by atoms with Crippen LogP contribution >= 0.6 is 0 Å². The van der Waals surface area contributed by atoms with Crippen molar-refractivity contribution in [3.8, 4) is 11.8 Å². The number of nitrogens with zero attached hydrogens (tertiary/aromatic N) is 2. The van der Waals surface area contributed by atoms with Crippen molar-refractivity contribution < 1.29 is 9.47 Å². The van der Waals surface area contributed by atoms with Crippen LogP contribution in [0.3, 0.4) is 0 Å². The van der Waals surface area contributed by atoms with Crippen molar-refractivity contribution in [2.75, 3.05) is 20.8 Å². The first-order valence-electron chi connectivity index (χ1n) is 5.98. The quantitative estimate of drug-likeness (QED) is 0.813. The molecule has 1 fully saturated rings. The van der Waals surface area contributed by atoms with Crippen LogP contribution < -0.4 is 14.8 Å². The lowest BCUT2D eigenvalue weighted by Crippen LogP contribution is -2.24. The van der Waals surface area contributed by atoms with Gasteiger partial charge in [0.15, 0.2) is 0 Å². The lowest BCUT2D eigenvalue weighted by molar-refractivity contribution is 0.345. The molecule has 94 valence electrons. The highest BCUT2D eigenvalue weighted by Gasteiger charge is 2.35. The fourth-order valence-corrected chi connectivity index (χ4v) is 1.96. The Bertz CT molecular complexity index is 380. The molecule has 1 saturated carbocycles. The van der Waals surface area contributed by atoms with E-state index >= 15 is 0 Å². The Morgan fingerprint density at radius 2 is 2.18 bits per heavy atom. The van der Waals surface area contributed by atoms with Gasteiger partial charge < -0.3 is 14.8 Å². The first-order chi connectivity index (χ1) is 8.30. The molecule has 5 nitrogen and oxygen atoms in total. The summed E-state index contributed by atoms with van der Waals surface area (Å²) in [4.78, 5) is 8.70. The van der Waals surface area contributed by atoms with E-state index in [1.807, 2.05) is 0 Å². The number of hydrogen-bond acceptors (Lipinski definition) is 5. The second-order valence-corrected chi connectivity index (χ2v) is 4.18. The molecule has 2 rings (SSSR count). The second kappa shape index (κ2) is 5.31. The minimum absolute atomic E-state index is 0.244. The highest BCUT2D eigenvalue weighted by Crippen LogP contribution is 2.42. The standard InChI is InChI=1S/C12H19N3O2/c1-4-13-10(8-5-6-8)11-12(17-3)15-9(16-2)7-14-11/h7-8,10,13H,4-6H2,1-3H3. The Hall–Kier alpha value is -1.36. The third kappa shape index (κ3) is 2.66. The summed E-state index contributed by atoms with van der Waals surface area (Å²) >= 11 is 0. The molecule has 1 N–H and O–H groups in total.